The van der Waals surface area contributed by atoms with E-state index in [0.717, 1.165) is 30.9 Å². The number of aromatic nitrogens is 3. The number of hydrogen-bond donors (Lipinski definition) is 1. The van der Waals surface area contributed by atoms with Crippen LogP contribution in [0, 0.1) is 5.92 Å². The number of aryl methyl sites for hydroxylation is 1. The molecule has 7 nitrogen and oxygen atoms in total. The molecule has 1 aliphatic heterocycles. The number of hydrogen-bond acceptors (Lipinski definition) is 5. The lowest BCUT2D eigenvalue weighted by molar-refractivity contribution is -0.139. The van der Waals surface area contributed by atoms with Crippen LogP contribution in [0.4, 0.5) is 0 Å². The third-order valence-corrected chi connectivity index (χ3v) is 5.04. The maximum Gasteiger partial charge on any atom is 0.223 e. The smallest absolute Gasteiger partial charge is 0.223 e. The Morgan fingerprint density at radius 1 is 1.35 bits per heavy atom. The second-order valence-corrected chi connectivity index (χ2v) is 6.66. The van der Waals surface area contributed by atoms with Gasteiger partial charge in [-0.3, -0.25) is 4.79 Å². The first-order valence-electron chi connectivity index (χ1n) is 9.10. The quantitative estimate of drug-likeness (QED) is 0.820. The molecule has 2 aromatic heterocycles. The van der Waals surface area contributed by atoms with E-state index in [0.29, 0.717) is 24.8 Å². The number of carbonyl (C=O) groups excluding carboxylic acids is 1. The average Bonchev–Trinajstić information content (AvgIpc) is 3.08. The molecular formula is C19H27N5O2. The van der Waals surface area contributed by atoms with Crippen LogP contribution in [0.5, 0.6) is 5.88 Å². The zero-order valence-corrected chi connectivity index (χ0v) is 15.7. The minimum absolute atomic E-state index is 0.0164. The van der Waals surface area contributed by atoms with Gasteiger partial charge in [-0.2, -0.15) is 0 Å². The largest absolute Gasteiger partial charge is 0.481 e. The van der Waals surface area contributed by atoms with Gasteiger partial charge in [0.2, 0.25) is 11.8 Å². The number of rotatable bonds is 7. The summed E-state index contributed by atoms with van der Waals surface area (Å²) in [5.74, 6) is 2.13. The van der Waals surface area contributed by atoms with Gasteiger partial charge >= 0.3 is 0 Å². The molecule has 1 N–H and O–H groups in total. The lowest BCUT2D eigenvalue weighted by atomic mass is 9.87. The molecule has 3 heterocycles. The minimum Gasteiger partial charge on any atom is -0.481 e. The number of piperidine rings is 1. The fourth-order valence-electron chi connectivity index (χ4n) is 3.66. The number of likely N-dealkylation sites (tertiary alicyclic amines) is 1. The molecule has 1 aliphatic rings. The highest BCUT2D eigenvalue weighted by molar-refractivity contribution is 5.77. The number of amides is 1. The van der Waals surface area contributed by atoms with E-state index in [1.807, 2.05) is 48.0 Å². The molecule has 1 fully saturated rings. The summed E-state index contributed by atoms with van der Waals surface area (Å²) >= 11 is 0. The summed E-state index contributed by atoms with van der Waals surface area (Å²) in [5, 5.41) is 3.52. The SMILES string of the molecule is CCN1C(=O)CC[C@H](CNCc2ccc(OC)nc2)[C@H]1c1nccn1C. The highest BCUT2D eigenvalue weighted by atomic mass is 16.5. The maximum absolute atomic E-state index is 12.4. The van der Waals surface area contributed by atoms with E-state index >= 15 is 0 Å². The topological polar surface area (TPSA) is 72.3 Å². The number of carbonyl (C=O) groups is 1. The highest BCUT2D eigenvalue weighted by Crippen LogP contribution is 2.35. The predicted molar refractivity (Wildman–Crippen MR) is 98.6 cm³/mol. The summed E-state index contributed by atoms with van der Waals surface area (Å²) in [5.41, 5.74) is 1.11. The molecule has 0 bridgehead atoms. The van der Waals surface area contributed by atoms with Crippen molar-refractivity contribution in [2.45, 2.75) is 32.4 Å². The Balaban J connectivity index is 1.68. The monoisotopic (exact) mass is 357 g/mol. The normalized spacial score (nSPS) is 20.4. The summed E-state index contributed by atoms with van der Waals surface area (Å²) in [7, 11) is 3.60. The van der Waals surface area contributed by atoms with Crippen molar-refractivity contribution in [2.24, 2.45) is 13.0 Å². The lowest BCUT2D eigenvalue weighted by Gasteiger charge is -2.40. The van der Waals surface area contributed by atoms with Crippen LogP contribution in [0.1, 0.15) is 37.2 Å². The second kappa shape index (κ2) is 8.31. The van der Waals surface area contributed by atoms with E-state index in [2.05, 4.69) is 15.3 Å². The molecule has 3 rings (SSSR count). The van der Waals surface area contributed by atoms with Crippen LogP contribution in [-0.4, -0.2) is 45.5 Å². The minimum atomic E-state index is 0.0164. The Labute approximate surface area is 154 Å². The van der Waals surface area contributed by atoms with Crippen molar-refractivity contribution < 1.29 is 9.53 Å². The number of methoxy groups -OCH3 is 1. The summed E-state index contributed by atoms with van der Waals surface area (Å²) in [6, 6.07) is 3.90. The van der Waals surface area contributed by atoms with Crippen molar-refractivity contribution in [3.8, 4) is 5.88 Å². The Hall–Kier alpha value is -2.41. The molecule has 0 spiro atoms. The first-order chi connectivity index (χ1) is 12.6. The fraction of sp³-hybridized carbons (Fsp3) is 0.526. The molecule has 0 radical (unpaired) electrons. The number of nitrogens with one attached hydrogen (secondary N) is 1. The second-order valence-electron chi connectivity index (χ2n) is 6.66. The molecule has 2 aromatic rings. The first-order valence-corrected chi connectivity index (χ1v) is 9.10. The van der Waals surface area contributed by atoms with Gasteiger partial charge in [-0.1, -0.05) is 6.07 Å². The zero-order chi connectivity index (χ0) is 18.5. The van der Waals surface area contributed by atoms with E-state index in [9.17, 15) is 4.79 Å². The van der Waals surface area contributed by atoms with E-state index in [1.165, 1.54) is 0 Å². The van der Waals surface area contributed by atoms with Gasteiger partial charge in [0, 0.05) is 57.8 Å². The number of nitrogens with zero attached hydrogens (tertiary/aromatic N) is 4. The molecular weight excluding hydrogens is 330 g/mol. The summed E-state index contributed by atoms with van der Waals surface area (Å²) < 4.78 is 7.11. The Kier molecular flexibility index (Phi) is 5.88. The summed E-state index contributed by atoms with van der Waals surface area (Å²) in [4.78, 5) is 23.1. The molecule has 26 heavy (non-hydrogen) atoms. The molecule has 0 aromatic carbocycles. The standard InChI is InChI=1S/C19H27N5O2/c1-4-24-17(25)8-6-15(18(24)19-21-9-10-23(19)2)13-20-11-14-5-7-16(26-3)22-12-14/h5,7,9-10,12,15,18,20H,4,6,8,11,13H2,1-3H3/t15-,18+/m1/s1. The molecule has 1 amide bonds. The summed E-state index contributed by atoms with van der Waals surface area (Å²) in [6.07, 6.45) is 7.04. The van der Waals surface area contributed by atoms with Gasteiger partial charge in [0.1, 0.15) is 5.82 Å². The van der Waals surface area contributed by atoms with Gasteiger partial charge in [0.05, 0.1) is 13.2 Å². The lowest BCUT2D eigenvalue weighted by Crippen LogP contribution is -2.46. The van der Waals surface area contributed by atoms with Crippen LogP contribution in [0.25, 0.3) is 0 Å². The van der Waals surface area contributed by atoms with Gasteiger partial charge in [0.25, 0.3) is 0 Å². The fourth-order valence-corrected chi connectivity index (χ4v) is 3.66. The zero-order valence-electron chi connectivity index (χ0n) is 15.7. The van der Waals surface area contributed by atoms with Crippen LogP contribution in [0.3, 0.4) is 0 Å². The first kappa shape index (κ1) is 18.4. The van der Waals surface area contributed by atoms with Crippen LogP contribution in [-0.2, 0) is 18.4 Å². The third-order valence-electron chi connectivity index (χ3n) is 5.04. The van der Waals surface area contributed by atoms with Crippen molar-refractivity contribution >= 4 is 5.91 Å². The van der Waals surface area contributed by atoms with Crippen molar-refractivity contribution in [2.75, 3.05) is 20.2 Å². The maximum atomic E-state index is 12.4. The molecule has 7 heteroatoms. The molecule has 1 saturated heterocycles. The molecule has 2 atom stereocenters. The number of ether oxygens (including phenoxy) is 1. The van der Waals surface area contributed by atoms with E-state index < -0.39 is 0 Å². The van der Waals surface area contributed by atoms with E-state index in [4.69, 9.17) is 4.74 Å². The van der Waals surface area contributed by atoms with E-state index in [1.54, 1.807) is 13.3 Å². The third kappa shape index (κ3) is 3.88. The van der Waals surface area contributed by atoms with Gasteiger partial charge in [-0.25, -0.2) is 9.97 Å². The van der Waals surface area contributed by atoms with Crippen LogP contribution >= 0.6 is 0 Å². The van der Waals surface area contributed by atoms with Crippen LogP contribution in [0.15, 0.2) is 30.7 Å². The molecule has 140 valence electrons. The van der Waals surface area contributed by atoms with Gasteiger partial charge < -0.3 is 19.5 Å². The Morgan fingerprint density at radius 3 is 2.81 bits per heavy atom. The van der Waals surface area contributed by atoms with Crippen LogP contribution in [0.2, 0.25) is 0 Å². The van der Waals surface area contributed by atoms with Gasteiger partial charge in [-0.05, 0) is 24.8 Å². The molecule has 0 unspecified atom stereocenters. The van der Waals surface area contributed by atoms with Crippen molar-refractivity contribution in [3.63, 3.8) is 0 Å². The molecule has 0 aliphatic carbocycles. The predicted octanol–water partition coefficient (Wildman–Crippen LogP) is 1.91. The van der Waals surface area contributed by atoms with Crippen molar-refractivity contribution in [1.82, 2.24) is 24.8 Å². The van der Waals surface area contributed by atoms with Crippen LogP contribution < -0.4 is 10.1 Å². The average molecular weight is 357 g/mol. The number of imidazole rings is 1. The molecule has 0 saturated carbocycles. The number of pyridine rings is 1. The van der Waals surface area contributed by atoms with E-state index in [-0.39, 0.29) is 11.9 Å². The van der Waals surface area contributed by atoms with Gasteiger partial charge in [-0.15, -0.1) is 0 Å². The van der Waals surface area contributed by atoms with Crippen molar-refractivity contribution in [3.05, 3.63) is 42.1 Å². The van der Waals surface area contributed by atoms with Gasteiger partial charge in [0.15, 0.2) is 0 Å². The Morgan fingerprint density at radius 2 is 2.19 bits per heavy atom. The van der Waals surface area contributed by atoms with Crippen molar-refractivity contribution in [1.29, 1.82) is 0 Å². The Bertz CT molecular complexity index is 728. The highest BCUT2D eigenvalue weighted by Gasteiger charge is 2.37. The summed E-state index contributed by atoms with van der Waals surface area (Å²) in [6.45, 7) is 4.30.